The Balaban J connectivity index is 1.96. The van der Waals surface area contributed by atoms with Gasteiger partial charge in [0.15, 0.2) is 0 Å². The number of halogens is 1. The predicted octanol–water partition coefficient (Wildman–Crippen LogP) is 3.22. The summed E-state index contributed by atoms with van der Waals surface area (Å²) in [7, 11) is 0. The van der Waals surface area contributed by atoms with Crippen LogP contribution in [0.15, 0.2) is 18.2 Å². The fraction of sp³-hybridized carbons (Fsp3) is 0.500. The minimum Gasteiger partial charge on any atom is -0.493 e. The van der Waals surface area contributed by atoms with Gasteiger partial charge in [-0.1, -0.05) is 0 Å². The van der Waals surface area contributed by atoms with Crippen molar-refractivity contribution in [1.29, 1.82) is 0 Å². The van der Waals surface area contributed by atoms with E-state index in [4.69, 9.17) is 4.74 Å². The van der Waals surface area contributed by atoms with Crippen molar-refractivity contribution in [1.82, 2.24) is 0 Å². The summed E-state index contributed by atoms with van der Waals surface area (Å²) in [4.78, 5) is 0. The van der Waals surface area contributed by atoms with E-state index < -0.39 is 0 Å². The zero-order valence-electron chi connectivity index (χ0n) is 8.79. The van der Waals surface area contributed by atoms with E-state index >= 15 is 0 Å². The highest BCUT2D eigenvalue weighted by Gasteiger charge is 2.42. The van der Waals surface area contributed by atoms with Gasteiger partial charge in [0, 0.05) is 5.41 Å². The molecular weight excluding hydrogens is 211 g/mol. The summed E-state index contributed by atoms with van der Waals surface area (Å²) in [5.41, 5.74) is 0.911. The van der Waals surface area contributed by atoms with Crippen molar-refractivity contribution in [2.75, 3.05) is 12.4 Å². The zero-order valence-corrected chi connectivity index (χ0v) is 9.69. The van der Waals surface area contributed by atoms with Gasteiger partial charge in [0.2, 0.25) is 0 Å². The van der Waals surface area contributed by atoms with Gasteiger partial charge in [-0.3, -0.25) is 0 Å². The maximum absolute atomic E-state index is 13.0. The van der Waals surface area contributed by atoms with Gasteiger partial charge in [0.05, 0.1) is 6.61 Å². The molecule has 0 amide bonds. The number of benzene rings is 1. The first-order valence-corrected chi connectivity index (χ1v) is 5.78. The highest BCUT2D eigenvalue weighted by atomic mass is 32.1. The lowest BCUT2D eigenvalue weighted by atomic mass is 10.1. The molecule has 0 bridgehead atoms. The van der Waals surface area contributed by atoms with Gasteiger partial charge in [-0.15, -0.1) is 0 Å². The van der Waals surface area contributed by atoms with Crippen LogP contribution in [0.1, 0.15) is 18.4 Å². The maximum Gasteiger partial charge on any atom is 0.126 e. The summed E-state index contributed by atoms with van der Waals surface area (Å²) in [6.07, 6.45) is 2.38. The van der Waals surface area contributed by atoms with E-state index in [0.717, 1.165) is 11.5 Å². The van der Waals surface area contributed by atoms with E-state index in [-0.39, 0.29) is 11.2 Å². The van der Waals surface area contributed by atoms with Gasteiger partial charge in [0.25, 0.3) is 0 Å². The molecule has 1 aliphatic carbocycles. The third-order valence-electron chi connectivity index (χ3n) is 2.97. The molecule has 1 aromatic rings. The Morgan fingerprint density at radius 3 is 2.73 bits per heavy atom. The van der Waals surface area contributed by atoms with Gasteiger partial charge in [-0.25, -0.2) is 4.39 Å². The molecule has 3 heteroatoms. The van der Waals surface area contributed by atoms with Crippen molar-refractivity contribution >= 4 is 12.6 Å². The van der Waals surface area contributed by atoms with Crippen molar-refractivity contribution in [2.24, 2.45) is 5.41 Å². The lowest BCUT2D eigenvalue weighted by molar-refractivity contribution is 0.250. The zero-order chi connectivity index (χ0) is 10.9. The van der Waals surface area contributed by atoms with E-state index in [0.29, 0.717) is 12.2 Å². The smallest absolute Gasteiger partial charge is 0.126 e. The van der Waals surface area contributed by atoms with Crippen molar-refractivity contribution in [2.45, 2.75) is 19.8 Å². The van der Waals surface area contributed by atoms with Crippen molar-refractivity contribution in [3.05, 3.63) is 29.6 Å². The third-order valence-corrected chi connectivity index (χ3v) is 3.64. The van der Waals surface area contributed by atoms with Gasteiger partial charge in [-0.2, -0.15) is 12.6 Å². The van der Waals surface area contributed by atoms with Gasteiger partial charge >= 0.3 is 0 Å². The molecule has 0 N–H and O–H groups in total. The second kappa shape index (κ2) is 4.05. The second-order valence-corrected chi connectivity index (χ2v) is 4.67. The summed E-state index contributed by atoms with van der Waals surface area (Å²) in [5.74, 6) is 1.44. The Morgan fingerprint density at radius 2 is 2.20 bits per heavy atom. The van der Waals surface area contributed by atoms with Crippen LogP contribution < -0.4 is 4.74 Å². The Kier molecular flexibility index (Phi) is 2.91. The predicted molar refractivity (Wildman–Crippen MR) is 62.2 cm³/mol. The summed E-state index contributed by atoms with van der Waals surface area (Å²) < 4.78 is 18.6. The number of thiol groups is 1. The monoisotopic (exact) mass is 226 g/mol. The van der Waals surface area contributed by atoms with E-state index in [1.165, 1.54) is 18.9 Å². The number of ether oxygens (including phenoxy) is 1. The molecule has 0 aliphatic heterocycles. The van der Waals surface area contributed by atoms with Crippen molar-refractivity contribution in [3.63, 3.8) is 0 Å². The lowest BCUT2D eigenvalue weighted by Gasteiger charge is -2.13. The Bertz CT molecular complexity index is 361. The van der Waals surface area contributed by atoms with Gasteiger partial charge < -0.3 is 4.74 Å². The van der Waals surface area contributed by atoms with Crippen LogP contribution in [0.25, 0.3) is 0 Å². The standard InChI is InChI=1S/C12H15FOS/c1-9-6-10(2-3-11(9)13)14-7-12(8-15)4-5-12/h2-3,6,15H,4-5,7-8H2,1H3. The molecule has 0 unspecified atom stereocenters. The molecule has 82 valence electrons. The van der Waals surface area contributed by atoms with Crippen LogP contribution in [0, 0.1) is 18.2 Å². The fourth-order valence-electron chi connectivity index (χ4n) is 1.47. The van der Waals surface area contributed by atoms with Crippen LogP contribution in [-0.4, -0.2) is 12.4 Å². The van der Waals surface area contributed by atoms with Crippen LogP contribution in [0.5, 0.6) is 5.75 Å². The highest BCUT2D eigenvalue weighted by Crippen LogP contribution is 2.46. The van der Waals surface area contributed by atoms with Crippen molar-refractivity contribution in [3.8, 4) is 5.75 Å². The maximum atomic E-state index is 13.0. The first-order chi connectivity index (χ1) is 7.15. The highest BCUT2D eigenvalue weighted by molar-refractivity contribution is 7.80. The summed E-state index contributed by atoms with van der Waals surface area (Å²) in [6, 6.07) is 4.87. The molecule has 1 aromatic carbocycles. The molecule has 0 aromatic heterocycles. The topological polar surface area (TPSA) is 9.23 Å². The summed E-state index contributed by atoms with van der Waals surface area (Å²) in [6.45, 7) is 2.44. The van der Waals surface area contributed by atoms with E-state index in [1.807, 2.05) is 0 Å². The molecule has 1 saturated carbocycles. The average molecular weight is 226 g/mol. The fourth-order valence-corrected chi connectivity index (χ4v) is 1.88. The van der Waals surface area contributed by atoms with Crippen LogP contribution in [0.3, 0.4) is 0 Å². The lowest BCUT2D eigenvalue weighted by Crippen LogP contribution is -2.14. The molecule has 1 aliphatic rings. The van der Waals surface area contributed by atoms with E-state index in [2.05, 4.69) is 12.6 Å². The van der Waals surface area contributed by atoms with Gasteiger partial charge in [-0.05, 0) is 49.3 Å². The largest absolute Gasteiger partial charge is 0.493 e. The van der Waals surface area contributed by atoms with E-state index in [9.17, 15) is 4.39 Å². The molecule has 0 saturated heterocycles. The second-order valence-electron chi connectivity index (χ2n) is 4.36. The number of rotatable bonds is 4. The molecule has 0 spiro atoms. The molecule has 1 fully saturated rings. The Morgan fingerprint density at radius 1 is 1.47 bits per heavy atom. The van der Waals surface area contributed by atoms with Crippen LogP contribution in [0.2, 0.25) is 0 Å². The molecule has 0 atom stereocenters. The Labute approximate surface area is 95.0 Å². The molecule has 15 heavy (non-hydrogen) atoms. The Hall–Kier alpha value is -0.700. The summed E-state index contributed by atoms with van der Waals surface area (Å²) >= 11 is 4.31. The van der Waals surface area contributed by atoms with E-state index in [1.54, 1.807) is 19.1 Å². The number of hydrogen-bond acceptors (Lipinski definition) is 2. The van der Waals surface area contributed by atoms with Crippen LogP contribution >= 0.6 is 12.6 Å². The minimum atomic E-state index is -0.183. The van der Waals surface area contributed by atoms with Crippen LogP contribution in [-0.2, 0) is 0 Å². The SMILES string of the molecule is Cc1cc(OCC2(CS)CC2)ccc1F. The molecule has 0 radical (unpaired) electrons. The van der Waals surface area contributed by atoms with Gasteiger partial charge in [0.1, 0.15) is 11.6 Å². The molecular formula is C12H15FOS. The first-order valence-electron chi connectivity index (χ1n) is 5.15. The number of hydrogen-bond donors (Lipinski definition) is 1. The van der Waals surface area contributed by atoms with Crippen LogP contribution in [0.4, 0.5) is 4.39 Å². The molecule has 2 rings (SSSR count). The third kappa shape index (κ3) is 2.46. The molecule has 0 heterocycles. The first kappa shape index (κ1) is 10.8. The van der Waals surface area contributed by atoms with Crippen molar-refractivity contribution < 1.29 is 9.13 Å². The normalized spacial score (nSPS) is 17.5. The summed E-state index contributed by atoms with van der Waals surface area (Å²) in [5, 5.41) is 0. The molecule has 1 nitrogen and oxygen atoms in total. The quantitative estimate of drug-likeness (QED) is 0.776. The minimum absolute atomic E-state index is 0.183. The number of aryl methyl sites for hydroxylation is 1. The average Bonchev–Trinajstić information content (AvgIpc) is 3.01.